The van der Waals surface area contributed by atoms with Crippen LogP contribution in [0.2, 0.25) is 0 Å². The minimum absolute atomic E-state index is 0.375. The van der Waals surface area contributed by atoms with E-state index in [0.717, 1.165) is 31.2 Å². The maximum absolute atomic E-state index is 11.3. The van der Waals surface area contributed by atoms with Gasteiger partial charge >= 0.3 is 5.97 Å². The van der Waals surface area contributed by atoms with Gasteiger partial charge in [-0.1, -0.05) is 0 Å². The van der Waals surface area contributed by atoms with Gasteiger partial charge in [0.2, 0.25) is 0 Å². The van der Waals surface area contributed by atoms with E-state index in [0.29, 0.717) is 11.6 Å². The zero-order chi connectivity index (χ0) is 12.3. The predicted molar refractivity (Wildman–Crippen MR) is 65.6 cm³/mol. The molecule has 6 heteroatoms. The van der Waals surface area contributed by atoms with Crippen LogP contribution in [-0.4, -0.2) is 44.9 Å². The number of carbonyl (C=O) groups is 1. The van der Waals surface area contributed by atoms with E-state index < -0.39 is 0 Å². The first kappa shape index (κ1) is 12.3. The van der Waals surface area contributed by atoms with Crippen molar-refractivity contribution >= 4 is 22.4 Å². The van der Waals surface area contributed by atoms with E-state index in [2.05, 4.69) is 14.6 Å². The number of ether oxygens (including phenoxy) is 2. The molecule has 1 saturated heterocycles. The van der Waals surface area contributed by atoms with E-state index in [1.54, 1.807) is 12.5 Å². The van der Waals surface area contributed by atoms with Crippen molar-refractivity contribution in [1.82, 2.24) is 4.98 Å². The molecule has 1 fully saturated rings. The zero-order valence-corrected chi connectivity index (χ0v) is 10.8. The number of anilines is 1. The molecule has 1 aromatic heterocycles. The highest BCUT2D eigenvalue weighted by Crippen LogP contribution is 2.27. The highest BCUT2D eigenvalue weighted by atomic mass is 32.1. The van der Waals surface area contributed by atoms with Gasteiger partial charge in [0.25, 0.3) is 0 Å². The van der Waals surface area contributed by atoms with E-state index in [1.807, 2.05) is 0 Å². The monoisotopic (exact) mass is 256 g/mol. The van der Waals surface area contributed by atoms with Gasteiger partial charge in [-0.15, -0.1) is 11.3 Å². The summed E-state index contributed by atoms with van der Waals surface area (Å²) in [5.41, 5.74) is 0.391. The first-order valence-electron chi connectivity index (χ1n) is 5.52. The molecule has 1 aromatic rings. The minimum Gasteiger partial charge on any atom is -0.464 e. The van der Waals surface area contributed by atoms with Gasteiger partial charge in [-0.2, -0.15) is 0 Å². The molecule has 2 rings (SSSR count). The van der Waals surface area contributed by atoms with E-state index in [-0.39, 0.29) is 5.97 Å². The Hall–Kier alpha value is -1.14. The van der Waals surface area contributed by atoms with Crippen LogP contribution >= 0.6 is 11.3 Å². The lowest BCUT2D eigenvalue weighted by Gasteiger charge is -2.14. The van der Waals surface area contributed by atoms with E-state index in [4.69, 9.17) is 4.74 Å². The summed E-state index contributed by atoms with van der Waals surface area (Å²) in [6, 6.07) is 0. The smallest absolute Gasteiger partial charge is 0.357 e. The van der Waals surface area contributed by atoms with Gasteiger partial charge in [-0.25, -0.2) is 9.78 Å². The Morgan fingerprint density at radius 3 is 3.18 bits per heavy atom. The number of nitrogens with zero attached hydrogens (tertiary/aromatic N) is 2. The Morgan fingerprint density at radius 1 is 1.65 bits per heavy atom. The van der Waals surface area contributed by atoms with Gasteiger partial charge in [0.1, 0.15) is 0 Å². The number of carbonyl (C=O) groups excluding carboxylic acids is 1. The van der Waals surface area contributed by atoms with E-state index in [1.165, 1.54) is 18.4 Å². The number of rotatable bonds is 4. The Morgan fingerprint density at radius 2 is 2.47 bits per heavy atom. The number of hydrogen-bond acceptors (Lipinski definition) is 6. The molecule has 1 unspecified atom stereocenters. The van der Waals surface area contributed by atoms with Crippen molar-refractivity contribution in [1.29, 1.82) is 0 Å². The second-order valence-corrected chi connectivity index (χ2v) is 4.90. The minimum atomic E-state index is -0.375. The van der Waals surface area contributed by atoms with E-state index in [9.17, 15) is 4.79 Å². The molecule has 0 spiro atoms. The zero-order valence-electron chi connectivity index (χ0n) is 10.0. The van der Waals surface area contributed by atoms with Gasteiger partial charge in [0.15, 0.2) is 10.8 Å². The molecule has 0 saturated carbocycles. The number of aromatic nitrogens is 1. The number of hydrogen-bond donors (Lipinski definition) is 0. The lowest BCUT2D eigenvalue weighted by Crippen LogP contribution is -2.21. The van der Waals surface area contributed by atoms with Crippen molar-refractivity contribution in [3.05, 3.63) is 11.1 Å². The Kier molecular flexibility index (Phi) is 3.96. The molecule has 94 valence electrons. The van der Waals surface area contributed by atoms with Gasteiger partial charge < -0.3 is 14.4 Å². The molecule has 0 amide bonds. The Labute approximate surface area is 104 Å². The number of methoxy groups -OCH3 is 2. The summed E-state index contributed by atoms with van der Waals surface area (Å²) in [5.74, 6) is 0.186. The molecule has 0 aliphatic carbocycles. The summed E-state index contributed by atoms with van der Waals surface area (Å²) >= 11 is 1.48. The quantitative estimate of drug-likeness (QED) is 0.762. The summed E-state index contributed by atoms with van der Waals surface area (Å²) < 4.78 is 9.79. The fraction of sp³-hybridized carbons (Fsp3) is 0.636. The molecular weight excluding hydrogens is 240 g/mol. The molecule has 5 nitrogen and oxygen atoms in total. The molecule has 0 bridgehead atoms. The van der Waals surface area contributed by atoms with Gasteiger partial charge in [-0.3, -0.25) is 0 Å². The summed E-state index contributed by atoms with van der Waals surface area (Å²) in [6.07, 6.45) is 1.11. The molecular formula is C11H16N2O3S. The molecule has 1 aliphatic heterocycles. The molecule has 1 aliphatic rings. The normalized spacial score (nSPS) is 19.6. The van der Waals surface area contributed by atoms with Crippen LogP contribution in [0.5, 0.6) is 0 Å². The van der Waals surface area contributed by atoms with Crippen molar-refractivity contribution in [3.8, 4) is 0 Å². The largest absolute Gasteiger partial charge is 0.464 e. The van der Waals surface area contributed by atoms with Crippen LogP contribution in [0.25, 0.3) is 0 Å². The first-order chi connectivity index (χ1) is 8.24. The topological polar surface area (TPSA) is 51.7 Å². The van der Waals surface area contributed by atoms with Crippen LogP contribution < -0.4 is 4.90 Å². The van der Waals surface area contributed by atoms with Crippen LogP contribution in [0.15, 0.2) is 5.38 Å². The van der Waals surface area contributed by atoms with Gasteiger partial charge in [0, 0.05) is 31.5 Å². The van der Waals surface area contributed by atoms with Crippen molar-refractivity contribution in [2.75, 3.05) is 38.8 Å². The third kappa shape index (κ3) is 2.76. The average molecular weight is 256 g/mol. The highest BCUT2D eigenvalue weighted by Gasteiger charge is 2.25. The highest BCUT2D eigenvalue weighted by molar-refractivity contribution is 7.13. The maximum Gasteiger partial charge on any atom is 0.357 e. The SMILES string of the molecule is COCC1CCN(c2nc(C(=O)OC)cs2)C1. The van der Waals surface area contributed by atoms with Crippen LogP contribution in [-0.2, 0) is 9.47 Å². The van der Waals surface area contributed by atoms with E-state index >= 15 is 0 Å². The van der Waals surface area contributed by atoms with Crippen molar-refractivity contribution in [3.63, 3.8) is 0 Å². The summed E-state index contributed by atoms with van der Waals surface area (Å²) in [4.78, 5) is 17.8. The number of esters is 1. The standard InChI is InChI=1S/C11H16N2O3S/c1-15-6-8-3-4-13(5-8)11-12-9(7-17-11)10(14)16-2/h7-8H,3-6H2,1-2H3. The lowest BCUT2D eigenvalue weighted by molar-refractivity contribution is 0.0595. The Balaban J connectivity index is 1.99. The van der Waals surface area contributed by atoms with Crippen molar-refractivity contribution in [2.45, 2.75) is 6.42 Å². The molecule has 0 radical (unpaired) electrons. The molecule has 2 heterocycles. The fourth-order valence-corrected chi connectivity index (χ4v) is 2.82. The third-order valence-corrected chi connectivity index (χ3v) is 3.75. The van der Waals surface area contributed by atoms with Crippen LogP contribution in [0.1, 0.15) is 16.9 Å². The Bertz CT molecular complexity index is 394. The molecule has 0 N–H and O–H groups in total. The van der Waals surface area contributed by atoms with Crippen LogP contribution in [0.3, 0.4) is 0 Å². The molecule has 17 heavy (non-hydrogen) atoms. The molecule has 1 atom stereocenters. The third-order valence-electron chi connectivity index (χ3n) is 2.85. The summed E-state index contributed by atoms with van der Waals surface area (Å²) in [7, 11) is 3.09. The number of thiazole rings is 1. The average Bonchev–Trinajstić information content (AvgIpc) is 2.96. The second kappa shape index (κ2) is 5.46. The lowest BCUT2D eigenvalue weighted by atomic mass is 10.1. The molecule has 0 aromatic carbocycles. The van der Waals surface area contributed by atoms with Crippen LogP contribution in [0.4, 0.5) is 5.13 Å². The maximum atomic E-state index is 11.3. The predicted octanol–water partition coefficient (Wildman–Crippen LogP) is 1.40. The summed E-state index contributed by atoms with van der Waals surface area (Å²) in [6.45, 7) is 2.70. The second-order valence-electron chi connectivity index (χ2n) is 4.06. The van der Waals surface area contributed by atoms with Crippen molar-refractivity contribution < 1.29 is 14.3 Å². The first-order valence-corrected chi connectivity index (χ1v) is 6.40. The van der Waals surface area contributed by atoms with Gasteiger partial charge in [-0.05, 0) is 6.42 Å². The van der Waals surface area contributed by atoms with Crippen LogP contribution in [0, 0.1) is 5.92 Å². The fourth-order valence-electron chi connectivity index (χ4n) is 1.99. The summed E-state index contributed by atoms with van der Waals surface area (Å²) in [5, 5.41) is 2.63. The van der Waals surface area contributed by atoms with Gasteiger partial charge in [0.05, 0.1) is 13.7 Å². The van der Waals surface area contributed by atoms with Crippen molar-refractivity contribution in [2.24, 2.45) is 5.92 Å².